The van der Waals surface area contributed by atoms with E-state index in [0.29, 0.717) is 32.0 Å². The summed E-state index contributed by atoms with van der Waals surface area (Å²) in [5.41, 5.74) is 3.80. The highest BCUT2D eigenvalue weighted by atomic mass is 35.5. The van der Waals surface area contributed by atoms with E-state index in [1.807, 2.05) is 35.7 Å². The Hall–Kier alpha value is -3.46. The second kappa shape index (κ2) is 9.19. The minimum absolute atomic E-state index is 0.00764. The number of ether oxygens (including phenoxy) is 1. The molecule has 2 aromatic carbocycles. The molecule has 1 aliphatic heterocycles. The van der Waals surface area contributed by atoms with Crippen LogP contribution in [0.1, 0.15) is 5.56 Å². The van der Waals surface area contributed by atoms with Crippen LogP contribution in [0.3, 0.4) is 0 Å². The quantitative estimate of drug-likeness (QED) is 0.386. The van der Waals surface area contributed by atoms with E-state index < -0.39 is 0 Å². The normalized spacial score (nSPS) is 13.6. The summed E-state index contributed by atoms with van der Waals surface area (Å²) < 4.78 is 7.21. The van der Waals surface area contributed by atoms with Gasteiger partial charge in [-0.15, -0.1) is 11.3 Å². The third kappa shape index (κ3) is 4.68. The number of halogens is 2. The first kappa shape index (κ1) is 21.4. The summed E-state index contributed by atoms with van der Waals surface area (Å²) in [6.45, 7) is 0.00764. The molecule has 5 rings (SSSR count). The molecule has 1 aliphatic rings. The fraction of sp³-hybridized carbons (Fsp3) is 0.0435. The second-order valence-electron chi connectivity index (χ2n) is 7.00. The molecular formula is C23H15Cl2N5O2S. The third-order valence-corrected chi connectivity index (χ3v) is 6.31. The minimum Gasteiger partial charge on any atom is -0.482 e. The number of hydrogen-bond donors (Lipinski definition) is 1. The number of fused-ring (bicyclic) bond motifs is 1. The molecule has 0 fully saturated rings. The van der Waals surface area contributed by atoms with Gasteiger partial charge in [-0.1, -0.05) is 23.2 Å². The molecule has 10 heteroatoms. The van der Waals surface area contributed by atoms with Crippen molar-refractivity contribution in [1.82, 2.24) is 9.66 Å². The van der Waals surface area contributed by atoms with Crippen LogP contribution in [0, 0.1) is 0 Å². The van der Waals surface area contributed by atoms with E-state index >= 15 is 0 Å². The van der Waals surface area contributed by atoms with Crippen LogP contribution in [0.5, 0.6) is 5.75 Å². The largest absolute Gasteiger partial charge is 0.482 e. The van der Waals surface area contributed by atoms with E-state index in [9.17, 15) is 4.79 Å². The number of benzene rings is 2. The Morgan fingerprint density at radius 2 is 1.94 bits per heavy atom. The van der Waals surface area contributed by atoms with Crippen molar-refractivity contribution >= 4 is 58.0 Å². The van der Waals surface area contributed by atoms with Gasteiger partial charge < -0.3 is 10.1 Å². The molecule has 0 radical (unpaired) electrons. The lowest BCUT2D eigenvalue weighted by molar-refractivity contribution is -0.118. The number of thiazole rings is 1. The molecule has 0 bridgehead atoms. The molecule has 0 unspecified atom stereocenters. The summed E-state index contributed by atoms with van der Waals surface area (Å²) in [5, 5.41) is 10.4. The fourth-order valence-corrected chi connectivity index (χ4v) is 4.32. The Morgan fingerprint density at radius 3 is 2.76 bits per heavy atom. The van der Waals surface area contributed by atoms with Crippen molar-refractivity contribution in [3.8, 4) is 17.0 Å². The van der Waals surface area contributed by atoms with E-state index in [-0.39, 0.29) is 12.5 Å². The number of rotatable bonds is 4. The van der Waals surface area contributed by atoms with Gasteiger partial charge in [-0.2, -0.15) is 5.10 Å². The van der Waals surface area contributed by atoms with Crippen molar-refractivity contribution in [2.45, 2.75) is 0 Å². The zero-order valence-corrected chi connectivity index (χ0v) is 19.2. The molecule has 0 aliphatic carbocycles. The Bertz CT molecular complexity index is 1450. The summed E-state index contributed by atoms with van der Waals surface area (Å²) in [4.78, 5) is 21.1. The molecule has 1 N–H and O–H groups in total. The monoisotopic (exact) mass is 495 g/mol. The molecule has 0 atom stereocenters. The van der Waals surface area contributed by atoms with Gasteiger partial charge in [0.1, 0.15) is 5.75 Å². The lowest BCUT2D eigenvalue weighted by Gasteiger charge is -2.18. The van der Waals surface area contributed by atoms with Crippen LogP contribution >= 0.6 is 34.5 Å². The van der Waals surface area contributed by atoms with Crippen LogP contribution in [-0.4, -0.2) is 28.4 Å². The topological polar surface area (TPSA) is 80.9 Å². The van der Waals surface area contributed by atoms with Crippen molar-refractivity contribution in [2.24, 2.45) is 10.1 Å². The highest BCUT2D eigenvalue weighted by Gasteiger charge is 2.18. The maximum Gasteiger partial charge on any atom is 0.262 e. The summed E-state index contributed by atoms with van der Waals surface area (Å²) >= 11 is 13.6. The van der Waals surface area contributed by atoms with Gasteiger partial charge in [0.05, 0.1) is 33.3 Å². The Labute approximate surface area is 202 Å². The van der Waals surface area contributed by atoms with Crippen molar-refractivity contribution < 1.29 is 9.53 Å². The smallest absolute Gasteiger partial charge is 0.262 e. The van der Waals surface area contributed by atoms with Crippen LogP contribution < -0.4 is 14.9 Å². The van der Waals surface area contributed by atoms with Gasteiger partial charge >= 0.3 is 0 Å². The van der Waals surface area contributed by atoms with E-state index in [0.717, 1.165) is 16.8 Å². The second-order valence-corrected chi connectivity index (χ2v) is 8.65. The zero-order chi connectivity index (χ0) is 22.8. The highest BCUT2D eigenvalue weighted by Crippen LogP contribution is 2.33. The molecule has 164 valence electrons. The first-order valence-electron chi connectivity index (χ1n) is 9.78. The Balaban J connectivity index is 1.63. The van der Waals surface area contributed by atoms with E-state index in [1.165, 1.54) is 11.3 Å². The van der Waals surface area contributed by atoms with Gasteiger partial charge in [-0.05, 0) is 54.1 Å². The molecule has 2 aromatic heterocycles. The zero-order valence-electron chi connectivity index (χ0n) is 16.9. The molecule has 0 saturated heterocycles. The van der Waals surface area contributed by atoms with E-state index in [2.05, 4.69) is 15.4 Å². The van der Waals surface area contributed by atoms with E-state index in [1.54, 1.807) is 41.5 Å². The van der Waals surface area contributed by atoms with Gasteiger partial charge in [0.25, 0.3) is 5.91 Å². The van der Waals surface area contributed by atoms with Gasteiger partial charge in [0.2, 0.25) is 4.80 Å². The Kier molecular flexibility index (Phi) is 5.95. The number of nitrogens with zero attached hydrogens (tertiary/aromatic N) is 4. The van der Waals surface area contributed by atoms with Crippen LogP contribution in [0.2, 0.25) is 10.0 Å². The predicted molar refractivity (Wildman–Crippen MR) is 131 cm³/mol. The van der Waals surface area contributed by atoms with Gasteiger partial charge in [-0.3, -0.25) is 9.78 Å². The molecule has 3 heterocycles. The first-order valence-corrected chi connectivity index (χ1v) is 11.4. The van der Waals surface area contributed by atoms with Gasteiger partial charge in [0, 0.05) is 23.3 Å². The Morgan fingerprint density at radius 1 is 1.09 bits per heavy atom. The van der Waals surface area contributed by atoms with Crippen LogP contribution in [0.15, 0.2) is 76.4 Å². The summed E-state index contributed by atoms with van der Waals surface area (Å²) in [6.07, 6.45) is 5.14. The SMILES string of the molecule is O=C1COc2ccc(-c3csc(=Nc4ccc(Cl)c(Cl)c4)n3N=Cc3ccncc3)cc2N1. The summed E-state index contributed by atoms with van der Waals surface area (Å²) in [6, 6.07) is 14.5. The van der Waals surface area contributed by atoms with E-state index in [4.69, 9.17) is 32.9 Å². The van der Waals surface area contributed by atoms with Crippen molar-refractivity contribution in [2.75, 3.05) is 11.9 Å². The molecule has 7 nitrogen and oxygen atoms in total. The number of pyridine rings is 1. The average molecular weight is 496 g/mol. The molecule has 1 amide bonds. The third-order valence-electron chi connectivity index (χ3n) is 4.75. The lowest BCUT2D eigenvalue weighted by Crippen LogP contribution is -2.25. The molecular weight excluding hydrogens is 481 g/mol. The van der Waals surface area contributed by atoms with Gasteiger partial charge in [-0.25, -0.2) is 9.67 Å². The maximum atomic E-state index is 11.8. The summed E-state index contributed by atoms with van der Waals surface area (Å²) in [5.74, 6) is 0.435. The number of anilines is 1. The van der Waals surface area contributed by atoms with Crippen molar-refractivity contribution in [1.29, 1.82) is 0 Å². The summed E-state index contributed by atoms with van der Waals surface area (Å²) in [7, 11) is 0. The maximum absolute atomic E-state index is 11.8. The highest BCUT2D eigenvalue weighted by molar-refractivity contribution is 7.07. The molecule has 4 aromatic rings. The lowest BCUT2D eigenvalue weighted by atomic mass is 10.1. The number of amides is 1. The standard InChI is InChI=1S/C23H15Cl2N5O2S/c24-17-3-2-16(10-18(17)25)28-23-30(27-11-14-5-7-26-8-6-14)20(13-33-23)15-1-4-21-19(9-15)29-22(31)12-32-21/h1-11,13H,12H2,(H,29,31). The number of hydrogen-bond acceptors (Lipinski definition) is 6. The predicted octanol–water partition coefficient (Wildman–Crippen LogP) is 5.36. The van der Waals surface area contributed by atoms with Crippen LogP contribution in [-0.2, 0) is 4.79 Å². The number of aromatic nitrogens is 2. The molecule has 0 saturated carbocycles. The van der Waals surface area contributed by atoms with Crippen molar-refractivity contribution in [3.63, 3.8) is 0 Å². The number of nitrogens with one attached hydrogen (secondary N) is 1. The van der Waals surface area contributed by atoms with Crippen molar-refractivity contribution in [3.05, 3.63) is 86.7 Å². The molecule has 0 spiro atoms. The van der Waals surface area contributed by atoms with Gasteiger partial charge in [0.15, 0.2) is 6.61 Å². The van der Waals surface area contributed by atoms with Crippen LogP contribution in [0.4, 0.5) is 11.4 Å². The minimum atomic E-state index is -0.191. The average Bonchev–Trinajstić information content (AvgIpc) is 3.22. The fourth-order valence-electron chi connectivity index (χ4n) is 3.17. The van der Waals surface area contributed by atoms with Crippen LogP contribution in [0.25, 0.3) is 11.3 Å². The number of carbonyl (C=O) groups is 1. The number of carbonyl (C=O) groups excluding carboxylic acids is 1. The first-order chi connectivity index (χ1) is 16.1. The molecule has 33 heavy (non-hydrogen) atoms.